The molecule has 1 aliphatic heterocycles. The molecule has 3 rings (SSSR count). The molecule has 5 atom stereocenters. The van der Waals surface area contributed by atoms with Crippen LogP contribution in [0.5, 0.6) is 0 Å². The monoisotopic (exact) mass is 312 g/mol. The van der Waals surface area contributed by atoms with Crippen LogP contribution in [0.15, 0.2) is 0 Å². The second-order valence-corrected chi connectivity index (χ2v) is 6.73. The zero-order valence-electron chi connectivity index (χ0n) is 9.86. The molecule has 0 aromatic rings. The Bertz CT molecular complexity index is 586. The maximum atomic E-state index is 13.1. The lowest BCUT2D eigenvalue weighted by molar-refractivity contribution is -0.176. The molecule has 7 nitrogen and oxygen atoms in total. The third-order valence-electron chi connectivity index (χ3n) is 4.22. The molecule has 3 aliphatic rings. The molecule has 2 aliphatic carbocycles. The molecule has 0 spiro atoms. The van der Waals surface area contributed by atoms with E-state index in [0.717, 1.165) is 0 Å². The molecule has 0 aromatic heterocycles. The molecule has 2 saturated carbocycles. The molecule has 0 aromatic carbocycles. The number of ether oxygens (including phenoxy) is 2. The standard InChI is InChI=1S/C10H10F2O7S/c11-10(12,20(15,16)17)9(14)19-6-3-1-4-5(2-3)8(13)18-7(4)6/h3-7H,1-2H2,(H,15,16,17). The van der Waals surface area contributed by atoms with Gasteiger partial charge in [0.05, 0.1) is 5.92 Å². The van der Waals surface area contributed by atoms with Gasteiger partial charge in [0.15, 0.2) is 0 Å². The van der Waals surface area contributed by atoms with Gasteiger partial charge in [-0.2, -0.15) is 17.2 Å². The first-order valence-corrected chi connectivity index (χ1v) is 7.33. The molecular weight excluding hydrogens is 302 g/mol. The fraction of sp³-hybridized carbons (Fsp3) is 0.800. The highest BCUT2D eigenvalue weighted by Gasteiger charge is 2.65. The summed E-state index contributed by atoms with van der Waals surface area (Å²) in [5, 5.41) is -5.03. The Morgan fingerprint density at radius 3 is 2.65 bits per heavy atom. The van der Waals surface area contributed by atoms with E-state index in [1.165, 1.54) is 0 Å². The van der Waals surface area contributed by atoms with Crippen LogP contribution in [0, 0.1) is 17.8 Å². The highest BCUT2D eigenvalue weighted by Crippen LogP contribution is 2.55. The van der Waals surface area contributed by atoms with E-state index in [4.69, 9.17) is 9.29 Å². The minimum atomic E-state index is -5.90. The van der Waals surface area contributed by atoms with E-state index in [-0.39, 0.29) is 17.8 Å². The van der Waals surface area contributed by atoms with Gasteiger partial charge >= 0.3 is 27.3 Å². The van der Waals surface area contributed by atoms with Crippen LogP contribution in [-0.4, -0.2) is 42.4 Å². The number of carbonyl (C=O) groups excluding carboxylic acids is 2. The molecule has 20 heavy (non-hydrogen) atoms. The van der Waals surface area contributed by atoms with Crippen molar-refractivity contribution in [3.63, 3.8) is 0 Å². The Morgan fingerprint density at radius 1 is 1.40 bits per heavy atom. The van der Waals surface area contributed by atoms with E-state index < -0.39 is 39.5 Å². The zero-order valence-corrected chi connectivity index (χ0v) is 10.7. The van der Waals surface area contributed by atoms with Crippen LogP contribution in [0.2, 0.25) is 0 Å². The van der Waals surface area contributed by atoms with Crippen LogP contribution < -0.4 is 0 Å². The number of rotatable bonds is 3. The molecule has 1 heterocycles. The van der Waals surface area contributed by atoms with Crippen molar-refractivity contribution in [2.45, 2.75) is 30.3 Å². The van der Waals surface area contributed by atoms with Gasteiger partial charge in [-0.25, -0.2) is 4.79 Å². The zero-order chi connectivity index (χ0) is 14.9. The summed E-state index contributed by atoms with van der Waals surface area (Å²) in [7, 11) is -5.90. The topological polar surface area (TPSA) is 107 Å². The van der Waals surface area contributed by atoms with E-state index in [1.54, 1.807) is 0 Å². The first-order chi connectivity index (χ1) is 9.13. The predicted octanol–water partition coefficient (Wildman–Crippen LogP) is -0.0398. The first kappa shape index (κ1) is 13.7. The van der Waals surface area contributed by atoms with Crippen molar-refractivity contribution < 1.29 is 40.8 Å². The molecule has 1 N–H and O–H groups in total. The third kappa shape index (κ3) is 1.67. The Morgan fingerprint density at radius 2 is 2.05 bits per heavy atom. The van der Waals surface area contributed by atoms with Crippen molar-refractivity contribution in [1.29, 1.82) is 0 Å². The van der Waals surface area contributed by atoms with Crippen molar-refractivity contribution in [1.82, 2.24) is 0 Å². The van der Waals surface area contributed by atoms with Gasteiger partial charge in [0.1, 0.15) is 12.2 Å². The van der Waals surface area contributed by atoms with Crippen LogP contribution in [0.1, 0.15) is 12.8 Å². The number of hydrogen-bond donors (Lipinski definition) is 1. The van der Waals surface area contributed by atoms with Crippen LogP contribution in [0.25, 0.3) is 0 Å². The van der Waals surface area contributed by atoms with Gasteiger partial charge in [-0.05, 0) is 12.8 Å². The van der Waals surface area contributed by atoms with Crippen molar-refractivity contribution in [2.75, 3.05) is 0 Å². The quantitative estimate of drug-likeness (QED) is 0.575. The lowest BCUT2D eigenvalue weighted by atomic mass is 9.88. The Labute approximate surface area is 112 Å². The molecule has 1 saturated heterocycles. The average Bonchev–Trinajstić information content (AvgIpc) is 2.91. The molecule has 2 bridgehead atoms. The van der Waals surface area contributed by atoms with Crippen LogP contribution in [0.3, 0.4) is 0 Å². The third-order valence-corrected chi connectivity index (χ3v) is 5.03. The second-order valence-electron chi connectivity index (χ2n) is 5.27. The predicted molar refractivity (Wildman–Crippen MR) is 56.0 cm³/mol. The minimum Gasteiger partial charge on any atom is -0.458 e. The summed E-state index contributed by atoms with van der Waals surface area (Å²) < 4.78 is 65.0. The SMILES string of the molecule is O=C1OC2C3CC(CC13)C2OC(=O)C(F)(F)S(=O)(=O)O. The maximum Gasteiger partial charge on any atom is 0.465 e. The highest BCUT2D eigenvalue weighted by atomic mass is 32.2. The summed E-state index contributed by atoms with van der Waals surface area (Å²) in [6.45, 7) is 0. The molecular formula is C10H10F2O7S. The molecule has 3 fully saturated rings. The summed E-state index contributed by atoms with van der Waals surface area (Å²) in [6.07, 6.45) is -0.999. The van der Waals surface area contributed by atoms with E-state index >= 15 is 0 Å². The van der Waals surface area contributed by atoms with Crippen molar-refractivity contribution in [2.24, 2.45) is 17.8 Å². The van der Waals surface area contributed by atoms with Gasteiger partial charge in [0, 0.05) is 11.8 Å². The summed E-state index contributed by atoms with van der Waals surface area (Å²) in [5.74, 6) is -3.56. The number of halogens is 2. The maximum absolute atomic E-state index is 13.1. The number of hydrogen-bond acceptors (Lipinski definition) is 6. The fourth-order valence-corrected chi connectivity index (χ4v) is 3.62. The van der Waals surface area contributed by atoms with Crippen molar-refractivity contribution in [3.8, 4) is 0 Å². The van der Waals surface area contributed by atoms with Gasteiger partial charge in [-0.15, -0.1) is 0 Å². The summed E-state index contributed by atoms with van der Waals surface area (Å²) in [5.41, 5.74) is 0. The molecule has 0 amide bonds. The van der Waals surface area contributed by atoms with E-state index in [0.29, 0.717) is 12.8 Å². The molecule has 10 heteroatoms. The van der Waals surface area contributed by atoms with Gasteiger partial charge < -0.3 is 9.47 Å². The second kappa shape index (κ2) is 3.88. The largest absolute Gasteiger partial charge is 0.465 e. The normalized spacial score (nSPS) is 39.0. The van der Waals surface area contributed by atoms with E-state index in [1.807, 2.05) is 0 Å². The minimum absolute atomic E-state index is 0.176. The number of fused-ring (bicyclic) bond motifs is 1. The highest BCUT2D eigenvalue weighted by molar-refractivity contribution is 7.87. The van der Waals surface area contributed by atoms with E-state index in [2.05, 4.69) is 4.74 Å². The lowest BCUT2D eigenvalue weighted by Crippen LogP contribution is -2.44. The summed E-state index contributed by atoms with van der Waals surface area (Å²) >= 11 is 0. The van der Waals surface area contributed by atoms with Crippen molar-refractivity contribution in [3.05, 3.63) is 0 Å². The molecule has 112 valence electrons. The van der Waals surface area contributed by atoms with Gasteiger partial charge in [-0.1, -0.05) is 0 Å². The van der Waals surface area contributed by atoms with Crippen LogP contribution >= 0.6 is 0 Å². The number of carbonyl (C=O) groups is 2. The van der Waals surface area contributed by atoms with Crippen LogP contribution in [-0.2, 0) is 29.2 Å². The van der Waals surface area contributed by atoms with Gasteiger partial charge in [0.2, 0.25) is 0 Å². The van der Waals surface area contributed by atoms with E-state index in [9.17, 15) is 26.8 Å². The Kier molecular flexibility index (Phi) is 2.65. The summed E-state index contributed by atoms with van der Waals surface area (Å²) in [6, 6.07) is 0. The molecule has 0 radical (unpaired) electrons. The average molecular weight is 312 g/mol. The Balaban J connectivity index is 1.77. The van der Waals surface area contributed by atoms with Gasteiger partial charge in [0.25, 0.3) is 0 Å². The summed E-state index contributed by atoms with van der Waals surface area (Å²) in [4.78, 5) is 22.7. The van der Waals surface area contributed by atoms with Crippen LogP contribution in [0.4, 0.5) is 8.78 Å². The van der Waals surface area contributed by atoms with Crippen molar-refractivity contribution >= 4 is 22.1 Å². The lowest BCUT2D eigenvalue weighted by Gasteiger charge is -2.26. The first-order valence-electron chi connectivity index (χ1n) is 5.89. The number of esters is 2. The Hall–Kier alpha value is -1.29. The fourth-order valence-electron chi connectivity index (χ4n) is 3.36. The number of alkyl halides is 2. The molecule has 5 unspecified atom stereocenters. The smallest absolute Gasteiger partial charge is 0.458 e. The van der Waals surface area contributed by atoms with Gasteiger partial charge in [-0.3, -0.25) is 9.35 Å².